The predicted molar refractivity (Wildman–Crippen MR) is 131 cm³/mol. The molecule has 4 aromatic rings. The van der Waals surface area contributed by atoms with Gasteiger partial charge >= 0.3 is 0 Å². The van der Waals surface area contributed by atoms with Gasteiger partial charge in [-0.05, 0) is 80.3 Å². The van der Waals surface area contributed by atoms with Crippen molar-refractivity contribution in [3.05, 3.63) is 82.4 Å². The van der Waals surface area contributed by atoms with Crippen LogP contribution in [0.2, 0.25) is 0 Å². The molecule has 0 aliphatic carbocycles. The Morgan fingerprint density at radius 1 is 0.939 bits per heavy atom. The number of phenols is 1. The van der Waals surface area contributed by atoms with E-state index in [2.05, 4.69) is 10.2 Å². The summed E-state index contributed by atoms with van der Waals surface area (Å²) >= 11 is 0. The number of azo groups is 1. The summed E-state index contributed by atoms with van der Waals surface area (Å²) in [5, 5.41) is 30.6. The fraction of sp³-hybridized carbons (Fsp3) is 0.185. The highest BCUT2D eigenvalue weighted by Crippen LogP contribution is 2.42. The lowest BCUT2D eigenvalue weighted by Gasteiger charge is -2.10. The number of aromatic nitrogens is 1. The molecule has 3 aromatic carbocycles. The van der Waals surface area contributed by atoms with Crippen molar-refractivity contribution in [2.75, 3.05) is 0 Å². The summed E-state index contributed by atoms with van der Waals surface area (Å²) in [4.78, 5) is 0. The molecule has 4 rings (SSSR count). The molecule has 1 aromatic heterocycles. The highest BCUT2D eigenvalue weighted by Gasteiger charge is 2.19. The number of rotatable bonds is 5. The Bertz CT molecular complexity index is 1410. The minimum absolute atomic E-state index is 0.00847. The molecule has 0 aliphatic rings. The molecule has 0 fully saturated rings. The molecular weight excluding hydrogens is 417 g/mol. The first-order valence-electron chi connectivity index (χ1n) is 10.7. The summed E-state index contributed by atoms with van der Waals surface area (Å²) in [6.45, 7) is 7.36. The van der Waals surface area contributed by atoms with Gasteiger partial charge in [-0.3, -0.25) is 4.57 Å². The molecule has 6 heteroatoms. The predicted octanol–water partition coefficient (Wildman–Crippen LogP) is 7.97. The largest absolute Gasteiger partial charge is 0.506 e. The van der Waals surface area contributed by atoms with E-state index in [1.54, 1.807) is 34.9 Å². The molecule has 2 N–H and O–H groups in total. The maximum atomic E-state index is 13.4. The second kappa shape index (κ2) is 8.90. The topological polar surface area (TPSA) is 70.1 Å². The zero-order valence-corrected chi connectivity index (χ0v) is 19.1. The lowest BCUT2D eigenvalue weighted by molar-refractivity contribution is 0.446. The number of fused-ring (bicyclic) bond motifs is 1. The Hall–Kier alpha value is -3.93. The van der Waals surface area contributed by atoms with Crippen LogP contribution in [0.15, 0.2) is 70.4 Å². The summed E-state index contributed by atoms with van der Waals surface area (Å²) in [6, 6.07) is 16.1. The van der Waals surface area contributed by atoms with E-state index >= 15 is 0 Å². The van der Waals surface area contributed by atoms with Crippen LogP contribution in [0.25, 0.3) is 22.7 Å². The molecule has 0 aliphatic heterocycles. The van der Waals surface area contributed by atoms with Crippen molar-refractivity contribution in [2.24, 2.45) is 10.2 Å². The average Bonchev–Trinajstić information content (AvgIpc) is 3.05. The van der Waals surface area contributed by atoms with Crippen LogP contribution in [0, 0.1) is 13.8 Å². The lowest BCUT2D eigenvalue weighted by atomic mass is 10.1. The van der Waals surface area contributed by atoms with E-state index in [1.165, 1.54) is 0 Å². The van der Waals surface area contributed by atoms with E-state index in [1.807, 2.05) is 58.0 Å². The van der Waals surface area contributed by atoms with Crippen LogP contribution in [0.5, 0.6) is 11.6 Å². The monoisotopic (exact) mass is 443 g/mol. The zero-order chi connectivity index (χ0) is 23.7. The summed E-state index contributed by atoms with van der Waals surface area (Å²) in [6.07, 6.45) is 1.95. The fourth-order valence-electron chi connectivity index (χ4n) is 3.76. The molecule has 0 radical (unpaired) electrons. The quantitative estimate of drug-likeness (QED) is 0.307. The van der Waals surface area contributed by atoms with Gasteiger partial charge in [0.2, 0.25) is 5.88 Å². The molecular formula is C27H26FN3O2. The average molecular weight is 444 g/mol. The van der Waals surface area contributed by atoms with Crippen LogP contribution in [-0.4, -0.2) is 14.8 Å². The number of hydrogen-bond acceptors (Lipinski definition) is 4. The maximum absolute atomic E-state index is 13.4. The molecule has 33 heavy (non-hydrogen) atoms. The van der Waals surface area contributed by atoms with Gasteiger partial charge < -0.3 is 10.2 Å². The van der Waals surface area contributed by atoms with Crippen LogP contribution in [0.1, 0.15) is 36.1 Å². The summed E-state index contributed by atoms with van der Waals surface area (Å²) in [5.74, 6) is -0.112. The highest BCUT2D eigenvalue weighted by atomic mass is 19.1. The molecule has 0 spiro atoms. The van der Waals surface area contributed by atoms with E-state index in [9.17, 15) is 14.6 Å². The Kier molecular flexibility index (Phi) is 6.01. The zero-order valence-electron chi connectivity index (χ0n) is 19.1. The van der Waals surface area contributed by atoms with Crippen LogP contribution >= 0.6 is 0 Å². The van der Waals surface area contributed by atoms with Crippen molar-refractivity contribution in [3.8, 4) is 17.3 Å². The van der Waals surface area contributed by atoms with Crippen molar-refractivity contribution < 1.29 is 14.6 Å². The lowest BCUT2D eigenvalue weighted by Crippen LogP contribution is -1.95. The minimum Gasteiger partial charge on any atom is -0.506 e. The number of aryl methyl sites for hydroxylation is 2. The molecule has 0 atom stereocenters. The van der Waals surface area contributed by atoms with Crippen molar-refractivity contribution in [1.29, 1.82) is 0 Å². The van der Waals surface area contributed by atoms with Crippen molar-refractivity contribution >= 4 is 28.4 Å². The highest BCUT2D eigenvalue weighted by molar-refractivity contribution is 5.97. The summed E-state index contributed by atoms with van der Waals surface area (Å²) < 4.78 is 15.0. The molecule has 0 saturated carbocycles. The number of alkyl halides is 1. The number of hydrogen-bond donors (Lipinski definition) is 2. The van der Waals surface area contributed by atoms with Gasteiger partial charge in [0.05, 0.1) is 5.52 Å². The normalized spacial score (nSPS) is 11.4. The number of allylic oxidation sites excluding steroid dienone is 1. The first-order chi connectivity index (χ1) is 15.8. The van der Waals surface area contributed by atoms with Gasteiger partial charge in [-0.1, -0.05) is 35.9 Å². The molecule has 5 nitrogen and oxygen atoms in total. The number of nitrogens with zero attached hydrogens (tertiary/aromatic N) is 3. The van der Waals surface area contributed by atoms with E-state index in [0.29, 0.717) is 16.5 Å². The van der Waals surface area contributed by atoms with Gasteiger partial charge in [0.15, 0.2) is 5.69 Å². The van der Waals surface area contributed by atoms with Crippen molar-refractivity contribution in [1.82, 2.24) is 4.57 Å². The first-order valence-corrected chi connectivity index (χ1v) is 10.7. The molecule has 168 valence electrons. The second-order valence-corrected chi connectivity index (χ2v) is 8.43. The van der Waals surface area contributed by atoms with Crippen LogP contribution in [0.4, 0.5) is 15.8 Å². The van der Waals surface area contributed by atoms with Gasteiger partial charge in [-0.2, -0.15) is 0 Å². The molecule has 0 bridgehead atoms. The minimum atomic E-state index is -0.614. The smallest absolute Gasteiger partial charge is 0.225 e. The Morgan fingerprint density at radius 3 is 2.39 bits per heavy atom. The van der Waals surface area contributed by atoms with Gasteiger partial charge in [-0.25, -0.2) is 4.39 Å². The Labute approximate surface area is 192 Å². The standard InChI is InChI=1S/C27H26FN3O2/c1-16(2)11-19-7-10-23(25(32)14-19)29-30-26-22-9-6-20(15-28)13-24(22)31(27(26)33)21-8-5-17(3)18(4)12-21/h5-14,32-33H,15H2,1-4H3. The molecule has 1 heterocycles. The SMILES string of the molecule is CC(C)=Cc1ccc(N=Nc2c(O)n(-c3ccc(C)c(C)c3)c3cc(CF)ccc23)c(O)c1. The molecule has 0 unspecified atom stereocenters. The van der Waals surface area contributed by atoms with Crippen molar-refractivity contribution in [3.63, 3.8) is 0 Å². The van der Waals surface area contributed by atoms with E-state index < -0.39 is 6.67 Å². The van der Waals surface area contributed by atoms with Gasteiger partial charge in [-0.15, -0.1) is 10.2 Å². The first kappa shape index (κ1) is 22.3. The van der Waals surface area contributed by atoms with Gasteiger partial charge in [0.25, 0.3) is 0 Å². The number of phenolic OH excluding ortho intramolecular Hbond substituents is 1. The van der Waals surface area contributed by atoms with E-state index in [-0.39, 0.29) is 23.0 Å². The third kappa shape index (κ3) is 4.37. The Balaban J connectivity index is 1.86. The van der Waals surface area contributed by atoms with Gasteiger partial charge in [0.1, 0.15) is 18.1 Å². The molecule has 0 saturated heterocycles. The Morgan fingerprint density at radius 2 is 1.73 bits per heavy atom. The number of aromatic hydroxyl groups is 2. The van der Waals surface area contributed by atoms with Crippen LogP contribution < -0.4 is 0 Å². The third-order valence-electron chi connectivity index (χ3n) is 5.60. The fourth-order valence-corrected chi connectivity index (χ4v) is 3.76. The van der Waals surface area contributed by atoms with Crippen molar-refractivity contribution in [2.45, 2.75) is 34.4 Å². The van der Waals surface area contributed by atoms with Crippen LogP contribution in [0.3, 0.4) is 0 Å². The molecule has 0 amide bonds. The third-order valence-corrected chi connectivity index (χ3v) is 5.60. The summed E-state index contributed by atoms with van der Waals surface area (Å²) in [7, 11) is 0. The second-order valence-electron chi connectivity index (χ2n) is 8.43. The maximum Gasteiger partial charge on any atom is 0.225 e. The van der Waals surface area contributed by atoms with Gasteiger partial charge in [0, 0.05) is 11.1 Å². The van der Waals surface area contributed by atoms with E-state index in [4.69, 9.17) is 0 Å². The number of benzene rings is 3. The summed E-state index contributed by atoms with van der Waals surface area (Å²) in [5.41, 5.74) is 6.58. The van der Waals surface area contributed by atoms with E-state index in [0.717, 1.165) is 28.0 Å². The number of halogens is 1. The van der Waals surface area contributed by atoms with Crippen LogP contribution in [-0.2, 0) is 6.67 Å².